The van der Waals surface area contributed by atoms with Gasteiger partial charge in [-0.05, 0) is 51.4 Å². The molecule has 1 aromatic carbocycles. The maximum atomic E-state index is 12.6. The van der Waals surface area contributed by atoms with Gasteiger partial charge in [0.05, 0.1) is 0 Å². The van der Waals surface area contributed by atoms with E-state index in [1.165, 1.54) is 12.1 Å². The van der Waals surface area contributed by atoms with Crippen molar-refractivity contribution in [2.24, 2.45) is 0 Å². The van der Waals surface area contributed by atoms with Gasteiger partial charge in [-0.2, -0.15) is 8.42 Å². The molecule has 1 aliphatic heterocycles. The molecule has 1 heterocycles. The van der Waals surface area contributed by atoms with Crippen molar-refractivity contribution >= 4 is 16.1 Å². The Kier molecular flexibility index (Phi) is 6.37. The smallest absolute Gasteiger partial charge is 0.339 e. The fourth-order valence-corrected chi connectivity index (χ4v) is 3.65. The number of nitrogens with one attached hydrogen (secondary N) is 2. The molecule has 2 rings (SSSR count). The van der Waals surface area contributed by atoms with E-state index in [9.17, 15) is 13.2 Å². The third kappa shape index (κ3) is 4.55. The van der Waals surface area contributed by atoms with Gasteiger partial charge in [-0.3, -0.25) is 10.6 Å². The lowest BCUT2D eigenvalue weighted by atomic mass is 10.1. The summed E-state index contributed by atoms with van der Waals surface area (Å²) in [5.74, 6) is -0.780. The molecule has 134 valence electrons. The summed E-state index contributed by atoms with van der Waals surface area (Å²) in [7, 11) is -4.12. The van der Waals surface area contributed by atoms with Crippen LogP contribution in [0.1, 0.15) is 44.6 Å². The van der Waals surface area contributed by atoms with E-state index in [1.54, 1.807) is 12.1 Å². The molecule has 0 saturated carbocycles. The molecule has 1 aromatic rings. The molecule has 1 fully saturated rings. The predicted octanol–water partition coefficient (Wildman–Crippen LogP) is 2.09. The fraction of sp³-hybridized carbons (Fsp3) is 0.588. The lowest BCUT2D eigenvalue weighted by Crippen LogP contribution is -2.60. The molecule has 7 heteroatoms. The Bertz CT molecular complexity index is 650. The van der Waals surface area contributed by atoms with Crippen LogP contribution in [0.15, 0.2) is 29.2 Å². The number of benzene rings is 1. The Morgan fingerprint density at radius 2 is 2.00 bits per heavy atom. The largest absolute Gasteiger partial charge is 0.357 e. The molecule has 0 amide bonds. The Balaban J connectivity index is 2.08. The molecule has 0 spiro atoms. The summed E-state index contributed by atoms with van der Waals surface area (Å²) in [5, 5.41) is 6.24. The summed E-state index contributed by atoms with van der Waals surface area (Å²) in [6, 6.07) is 6.24. The monoisotopic (exact) mass is 354 g/mol. The van der Waals surface area contributed by atoms with Crippen molar-refractivity contribution in [2.75, 3.05) is 13.1 Å². The van der Waals surface area contributed by atoms with Gasteiger partial charge in [0.15, 0.2) is 5.66 Å². The van der Waals surface area contributed by atoms with E-state index in [-0.39, 0.29) is 4.90 Å². The molecule has 1 atom stereocenters. The second-order valence-electron chi connectivity index (χ2n) is 6.21. The van der Waals surface area contributed by atoms with E-state index in [0.717, 1.165) is 31.2 Å². The second kappa shape index (κ2) is 8.09. The van der Waals surface area contributed by atoms with E-state index in [0.29, 0.717) is 19.5 Å². The van der Waals surface area contributed by atoms with Gasteiger partial charge in [0.25, 0.3) is 0 Å². The van der Waals surface area contributed by atoms with Crippen molar-refractivity contribution < 1.29 is 17.4 Å². The zero-order valence-electron chi connectivity index (χ0n) is 14.3. The predicted molar refractivity (Wildman–Crippen MR) is 92.0 cm³/mol. The van der Waals surface area contributed by atoms with Gasteiger partial charge < -0.3 is 4.18 Å². The summed E-state index contributed by atoms with van der Waals surface area (Å²) in [6.45, 7) is 5.26. The molecule has 0 unspecified atom stereocenters. The van der Waals surface area contributed by atoms with E-state index in [4.69, 9.17) is 4.18 Å². The summed E-state index contributed by atoms with van der Waals surface area (Å²) >= 11 is 0. The van der Waals surface area contributed by atoms with Gasteiger partial charge in [0.1, 0.15) is 4.90 Å². The van der Waals surface area contributed by atoms with E-state index >= 15 is 0 Å². The van der Waals surface area contributed by atoms with E-state index in [2.05, 4.69) is 17.6 Å². The molecule has 24 heavy (non-hydrogen) atoms. The molecule has 6 nitrogen and oxygen atoms in total. The molecular formula is C17H26N2O4S. The molecule has 0 aromatic heterocycles. The minimum absolute atomic E-state index is 0.0134. The van der Waals surface area contributed by atoms with Crippen molar-refractivity contribution in [3.8, 4) is 0 Å². The maximum absolute atomic E-state index is 12.6. The van der Waals surface area contributed by atoms with Crippen LogP contribution in [0.4, 0.5) is 0 Å². The number of carbonyl (C=O) groups is 1. The topological polar surface area (TPSA) is 84.5 Å². The molecule has 0 radical (unpaired) electrons. The average Bonchev–Trinajstić information content (AvgIpc) is 3.02. The van der Waals surface area contributed by atoms with Gasteiger partial charge in [-0.25, -0.2) is 4.79 Å². The Morgan fingerprint density at radius 3 is 2.58 bits per heavy atom. The minimum atomic E-state index is -4.12. The number of hydrogen-bond acceptors (Lipinski definition) is 6. The van der Waals surface area contributed by atoms with Gasteiger partial charge in [0.2, 0.25) is 0 Å². The lowest BCUT2D eigenvalue weighted by Gasteiger charge is -2.28. The van der Waals surface area contributed by atoms with E-state index in [1.807, 2.05) is 6.92 Å². The lowest BCUT2D eigenvalue weighted by molar-refractivity contribution is -0.142. The summed E-state index contributed by atoms with van der Waals surface area (Å²) in [5.41, 5.74) is -0.169. The van der Waals surface area contributed by atoms with Crippen molar-refractivity contribution in [1.82, 2.24) is 10.6 Å². The van der Waals surface area contributed by atoms with Crippen LogP contribution in [0.5, 0.6) is 0 Å². The van der Waals surface area contributed by atoms with Crippen molar-refractivity contribution in [1.29, 1.82) is 0 Å². The van der Waals surface area contributed by atoms with Crippen LogP contribution in [0.2, 0.25) is 0 Å². The first-order chi connectivity index (χ1) is 11.4. The first-order valence-corrected chi connectivity index (χ1v) is 9.86. The van der Waals surface area contributed by atoms with Crippen LogP contribution in [0, 0.1) is 6.92 Å². The Hall–Kier alpha value is -1.44. The highest BCUT2D eigenvalue weighted by atomic mass is 32.2. The number of carbonyl (C=O) groups excluding carboxylic acids is 1. The van der Waals surface area contributed by atoms with Crippen LogP contribution in [0.25, 0.3) is 0 Å². The third-order valence-electron chi connectivity index (χ3n) is 4.21. The van der Waals surface area contributed by atoms with Crippen molar-refractivity contribution in [3.63, 3.8) is 0 Å². The number of aryl methyl sites for hydroxylation is 1. The molecular weight excluding hydrogens is 328 g/mol. The number of rotatable bonds is 8. The normalized spacial score (nSPS) is 20.9. The molecule has 1 saturated heterocycles. The fourth-order valence-electron chi connectivity index (χ4n) is 2.74. The number of unbranched alkanes of at least 4 members (excludes halogenated alkanes) is 2. The first-order valence-electron chi connectivity index (χ1n) is 8.45. The van der Waals surface area contributed by atoms with Crippen LogP contribution in [0.3, 0.4) is 0 Å². The van der Waals surface area contributed by atoms with Gasteiger partial charge in [-0.1, -0.05) is 37.5 Å². The zero-order chi connectivity index (χ0) is 17.6. The highest BCUT2D eigenvalue weighted by molar-refractivity contribution is 7.87. The highest BCUT2D eigenvalue weighted by Crippen LogP contribution is 2.22. The van der Waals surface area contributed by atoms with Gasteiger partial charge >= 0.3 is 16.1 Å². The minimum Gasteiger partial charge on any atom is -0.339 e. The molecule has 2 N–H and O–H groups in total. The SMILES string of the molecule is CCCCCN[C@@]1(C(=O)OS(=O)(=O)c2ccc(C)cc2)CCCN1. The van der Waals surface area contributed by atoms with Gasteiger partial charge in [0, 0.05) is 0 Å². The molecule has 1 aliphatic rings. The Labute approximate surface area is 144 Å². The molecule has 0 aliphatic carbocycles. The average molecular weight is 354 g/mol. The first kappa shape index (κ1) is 18.9. The van der Waals surface area contributed by atoms with Crippen molar-refractivity contribution in [2.45, 2.75) is 56.5 Å². The molecule has 0 bridgehead atoms. The van der Waals surface area contributed by atoms with E-state index < -0.39 is 21.8 Å². The number of hydrogen-bond donors (Lipinski definition) is 2. The third-order valence-corrected chi connectivity index (χ3v) is 5.43. The van der Waals surface area contributed by atoms with Crippen molar-refractivity contribution in [3.05, 3.63) is 29.8 Å². The summed E-state index contributed by atoms with van der Waals surface area (Å²) in [6.07, 6.45) is 4.37. The van der Waals surface area contributed by atoms with Crippen LogP contribution >= 0.6 is 0 Å². The van der Waals surface area contributed by atoms with Crippen LogP contribution < -0.4 is 10.6 Å². The maximum Gasteiger partial charge on any atom is 0.357 e. The quantitative estimate of drug-likeness (QED) is 0.549. The second-order valence-corrected chi connectivity index (χ2v) is 7.75. The Morgan fingerprint density at radius 1 is 1.29 bits per heavy atom. The highest BCUT2D eigenvalue weighted by Gasteiger charge is 2.44. The zero-order valence-corrected chi connectivity index (χ0v) is 15.1. The van der Waals surface area contributed by atoms with Crippen LogP contribution in [-0.2, 0) is 19.1 Å². The van der Waals surface area contributed by atoms with Gasteiger partial charge in [-0.15, -0.1) is 0 Å². The van der Waals surface area contributed by atoms with Crippen LogP contribution in [-0.4, -0.2) is 33.1 Å². The summed E-state index contributed by atoms with van der Waals surface area (Å²) in [4.78, 5) is 12.5. The standard InChI is InChI=1S/C17H26N2O4S/c1-3-4-5-12-18-17(11-6-13-19-17)16(20)23-24(21,22)15-9-7-14(2)8-10-15/h7-10,18-19H,3-6,11-13H2,1-2H3/t17-/m0/s1. The summed E-state index contributed by atoms with van der Waals surface area (Å²) < 4.78 is 29.6.